The molecule has 0 saturated heterocycles. The first kappa shape index (κ1) is 14.0. The van der Waals surface area contributed by atoms with Crippen molar-refractivity contribution in [3.8, 4) is 0 Å². The van der Waals surface area contributed by atoms with E-state index in [9.17, 15) is 0 Å². The van der Waals surface area contributed by atoms with Crippen LogP contribution in [0.3, 0.4) is 0 Å². The van der Waals surface area contributed by atoms with Crippen molar-refractivity contribution in [2.24, 2.45) is 0 Å². The Morgan fingerprint density at radius 2 is 1.89 bits per heavy atom. The topological polar surface area (TPSA) is 12.0 Å². The summed E-state index contributed by atoms with van der Waals surface area (Å²) in [7, 11) is 2.09. The maximum absolute atomic E-state index is 3.47. The number of hydrogen-bond donors (Lipinski definition) is 1. The third-order valence-corrected chi connectivity index (χ3v) is 5.36. The second-order valence-corrected chi connectivity index (χ2v) is 6.60. The minimum Gasteiger partial charge on any atom is -0.316 e. The molecule has 0 bridgehead atoms. The summed E-state index contributed by atoms with van der Waals surface area (Å²) in [5.41, 5.74) is 1.45. The van der Waals surface area contributed by atoms with Crippen LogP contribution in [0, 0.1) is 0 Å². The summed E-state index contributed by atoms with van der Waals surface area (Å²) in [5, 5.41) is 4.39. The van der Waals surface area contributed by atoms with Crippen molar-refractivity contribution < 1.29 is 0 Å². The fourth-order valence-electron chi connectivity index (χ4n) is 2.63. The first-order valence-electron chi connectivity index (χ1n) is 7.21. The van der Waals surface area contributed by atoms with Gasteiger partial charge in [-0.3, -0.25) is 0 Å². The van der Waals surface area contributed by atoms with Crippen LogP contribution >= 0.6 is 11.8 Å². The lowest BCUT2D eigenvalue weighted by atomic mass is 10.0. The average Bonchev–Trinajstić information content (AvgIpc) is 2.45. The Morgan fingerprint density at radius 1 is 1.17 bits per heavy atom. The molecule has 1 saturated carbocycles. The predicted molar refractivity (Wildman–Crippen MR) is 82.3 cm³/mol. The van der Waals surface area contributed by atoms with Crippen molar-refractivity contribution in [3.63, 3.8) is 0 Å². The second-order valence-electron chi connectivity index (χ2n) is 5.27. The van der Waals surface area contributed by atoms with Crippen LogP contribution in [0.4, 0.5) is 0 Å². The molecule has 2 heteroatoms. The SMILES string of the molecule is CNC(CSC1CCCCC1)Cc1ccccc1. The zero-order valence-corrected chi connectivity index (χ0v) is 12.2. The van der Waals surface area contributed by atoms with E-state index < -0.39 is 0 Å². The van der Waals surface area contributed by atoms with E-state index in [-0.39, 0.29) is 0 Å². The van der Waals surface area contributed by atoms with Gasteiger partial charge in [0, 0.05) is 17.0 Å². The van der Waals surface area contributed by atoms with Gasteiger partial charge in [-0.15, -0.1) is 0 Å². The number of nitrogens with one attached hydrogen (secondary N) is 1. The summed E-state index contributed by atoms with van der Waals surface area (Å²) in [4.78, 5) is 0. The molecule has 1 atom stereocenters. The predicted octanol–water partition coefficient (Wildman–Crippen LogP) is 3.88. The lowest BCUT2D eigenvalue weighted by Gasteiger charge is -2.24. The van der Waals surface area contributed by atoms with Gasteiger partial charge in [-0.05, 0) is 31.9 Å². The van der Waals surface area contributed by atoms with E-state index in [0.717, 1.165) is 11.7 Å². The molecule has 0 spiro atoms. The maximum Gasteiger partial charge on any atom is 0.0195 e. The second kappa shape index (κ2) is 7.85. The van der Waals surface area contributed by atoms with E-state index in [4.69, 9.17) is 0 Å². The third kappa shape index (κ3) is 4.66. The van der Waals surface area contributed by atoms with Crippen LogP contribution in [0.2, 0.25) is 0 Å². The molecular formula is C16H25NS. The lowest BCUT2D eigenvalue weighted by Crippen LogP contribution is -2.31. The first-order valence-corrected chi connectivity index (χ1v) is 8.26. The minimum absolute atomic E-state index is 0.610. The molecule has 100 valence electrons. The van der Waals surface area contributed by atoms with E-state index in [2.05, 4.69) is 54.5 Å². The van der Waals surface area contributed by atoms with Crippen LogP contribution in [0.5, 0.6) is 0 Å². The third-order valence-electron chi connectivity index (χ3n) is 3.82. The largest absolute Gasteiger partial charge is 0.316 e. The molecule has 0 amide bonds. The maximum atomic E-state index is 3.47. The van der Waals surface area contributed by atoms with Gasteiger partial charge in [-0.1, -0.05) is 49.6 Å². The summed E-state index contributed by atoms with van der Waals surface area (Å²) in [6, 6.07) is 11.4. The highest BCUT2D eigenvalue weighted by Crippen LogP contribution is 2.28. The van der Waals surface area contributed by atoms with E-state index in [1.165, 1.54) is 43.4 Å². The first-order chi connectivity index (χ1) is 8.88. The zero-order valence-electron chi connectivity index (χ0n) is 11.4. The molecule has 1 unspecified atom stereocenters. The van der Waals surface area contributed by atoms with Gasteiger partial charge in [0.1, 0.15) is 0 Å². The van der Waals surface area contributed by atoms with E-state index >= 15 is 0 Å². The van der Waals surface area contributed by atoms with Gasteiger partial charge in [0.25, 0.3) is 0 Å². The van der Waals surface area contributed by atoms with E-state index in [1.807, 2.05) is 0 Å². The van der Waals surface area contributed by atoms with Gasteiger partial charge in [-0.2, -0.15) is 11.8 Å². The quantitative estimate of drug-likeness (QED) is 0.836. The van der Waals surface area contributed by atoms with E-state index in [0.29, 0.717) is 6.04 Å². The smallest absolute Gasteiger partial charge is 0.0195 e. The zero-order chi connectivity index (χ0) is 12.6. The fraction of sp³-hybridized carbons (Fsp3) is 0.625. The molecular weight excluding hydrogens is 238 g/mol. The molecule has 1 aliphatic rings. The number of thioether (sulfide) groups is 1. The summed E-state index contributed by atoms with van der Waals surface area (Å²) < 4.78 is 0. The summed E-state index contributed by atoms with van der Waals surface area (Å²) in [5.74, 6) is 1.25. The molecule has 2 rings (SSSR count). The van der Waals surface area contributed by atoms with Crippen LogP contribution in [0.1, 0.15) is 37.7 Å². The number of hydrogen-bond acceptors (Lipinski definition) is 2. The molecule has 1 fully saturated rings. The van der Waals surface area contributed by atoms with Gasteiger partial charge >= 0.3 is 0 Å². The summed E-state index contributed by atoms with van der Waals surface area (Å²) in [6.07, 6.45) is 8.37. The van der Waals surface area contributed by atoms with Crippen molar-refractivity contribution in [3.05, 3.63) is 35.9 Å². The van der Waals surface area contributed by atoms with Gasteiger partial charge in [-0.25, -0.2) is 0 Å². The summed E-state index contributed by atoms with van der Waals surface area (Å²) in [6.45, 7) is 0. The lowest BCUT2D eigenvalue weighted by molar-refractivity contribution is 0.514. The Kier molecular flexibility index (Phi) is 6.09. The van der Waals surface area contributed by atoms with Crippen molar-refractivity contribution in [1.82, 2.24) is 5.32 Å². The van der Waals surface area contributed by atoms with Crippen LogP contribution in [-0.2, 0) is 6.42 Å². The number of rotatable bonds is 6. The van der Waals surface area contributed by atoms with Crippen LogP contribution in [0.25, 0.3) is 0 Å². The average molecular weight is 263 g/mol. The molecule has 1 aliphatic carbocycles. The Morgan fingerprint density at radius 3 is 2.56 bits per heavy atom. The van der Waals surface area contributed by atoms with Crippen molar-refractivity contribution >= 4 is 11.8 Å². The molecule has 0 heterocycles. The number of likely N-dealkylation sites (N-methyl/N-ethyl adjacent to an activating group) is 1. The fourth-order valence-corrected chi connectivity index (χ4v) is 4.08. The highest BCUT2D eigenvalue weighted by molar-refractivity contribution is 7.99. The van der Waals surface area contributed by atoms with Gasteiger partial charge < -0.3 is 5.32 Å². The molecule has 18 heavy (non-hydrogen) atoms. The Hall–Kier alpha value is -0.470. The van der Waals surface area contributed by atoms with Gasteiger partial charge in [0.2, 0.25) is 0 Å². The molecule has 1 aromatic rings. The van der Waals surface area contributed by atoms with Crippen molar-refractivity contribution in [2.45, 2.75) is 49.8 Å². The molecule has 0 aliphatic heterocycles. The van der Waals surface area contributed by atoms with Crippen LogP contribution in [-0.4, -0.2) is 24.1 Å². The van der Waals surface area contributed by atoms with Gasteiger partial charge in [0.05, 0.1) is 0 Å². The Labute approximate surface area is 116 Å². The van der Waals surface area contributed by atoms with Gasteiger partial charge in [0.15, 0.2) is 0 Å². The molecule has 0 aromatic heterocycles. The summed E-state index contributed by atoms with van der Waals surface area (Å²) >= 11 is 2.19. The molecule has 1 N–H and O–H groups in total. The monoisotopic (exact) mass is 263 g/mol. The molecule has 1 nitrogen and oxygen atoms in total. The normalized spacial score (nSPS) is 18.7. The standard InChI is InChI=1S/C16H25NS/c1-17-15(12-14-8-4-2-5-9-14)13-18-16-10-6-3-7-11-16/h2,4-5,8-9,15-17H,3,6-7,10-13H2,1H3. The molecule has 0 radical (unpaired) electrons. The van der Waals surface area contributed by atoms with Crippen molar-refractivity contribution in [1.29, 1.82) is 0 Å². The Balaban J connectivity index is 1.75. The number of benzene rings is 1. The van der Waals surface area contributed by atoms with Crippen LogP contribution < -0.4 is 5.32 Å². The van der Waals surface area contributed by atoms with E-state index in [1.54, 1.807) is 0 Å². The highest BCUT2D eigenvalue weighted by Gasteiger charge is 2.16. The minimum atomic E-state index is 0.610. The molecule has 1 aromatic carbocycles. The Bertz CT molecular complexity index is 319. The highest BCUT2D eigenvalue weighted by atomic mass is 32.2. The van der Waals surface area contributed by atoms with Crippen LogP contribution in [0.15, 0.2) is 30.3 Å². The van der Waals surface area contributed by atoms with Crippen molar-refractivity contribution in [2.75, 3.05) is 12.8 Å².